The number of carbonyl (C=O) groups is 1. The summed E-state index contributed by atoms with van der Waals surface area (Å²) >= 11 is 0. The van der Waals surface area contributed by atoms with E-state index in [0.717, 1.165) is 32.6 Å². The average Bonchev–Trinajstić information content (AvgIpc) is 2.78. The zero-order valence-electron chi connectivity index (χ0n) is 11.5. The van der Waals surface area contributed by atoms with E-state index in [9.17, 15) is 4.79 Å². The molecule has 2 heterocycles. The van der Waals surface area contributed by atoms with Crippen molar-refractivity contribution in [2.75, 3.05) is 26.2 Å². The predicted molar refractivity (Wildman–Crippen MR) is 69.8 cm³/mol. The minimum absolute atomic E-state index is 0.139. The molecule has 1 N–H and O–H groups in total. The molecule has 2 aliphatic heterocycles. The van der Waals surface area contributed by atoms with Crippen LogP contribution < -0.4 is 5.32 Å². The lowest BCUT2D eigenvalue weighted by Gasteiger charge is -2.41. The lowest BCUT2D eigenvalue weighted by molar-refractivity contribution is -0.142. The van der Waals surface area contributed by atoms with Crippen LogP contribution in [0.4, 0.5) is 0 Å². The minimum Gasteiger partial charge on any atom is -0.342 e. The molecule has 0 aromatic heterocycles. The maximum atomic E-state index is 12.5. The number of piperidine rings is 1. The van der Waals surface area contributed by atoms with Crippen LogP contribution in [0.2, 0.25) is 0 Å². The lowest BCUT2D eigenvalue weighted by Crippen LogP contribution is -2.48. The van der Waals surface area contributed by atoms with E-state index in [1.807, 2.05) is 0 Å². The molecule has 17 heavy (non-hydrogen) atoms. The van der Waals surface area contributed by atoms with Crippen molar-refractivity contribution in [3.8, 4) is 0 Å². The Morgan fingerprint density at radius 1 is 1.24 bits per heavy atom. The Bertz CT molecular complexity index is 287. The monoisotopic (exact) mass is 238 g/mol. The van der Waals surface area contributed by atoms with Crippen molar-refractivity contribution in [2.45, 2.75) is 46.5 Å². The third kappa shape index (κ3) is 2.49. The van der Waals surface area contributed by atoms with Crippen molar-refractivity contribution in [2.24, 2.45) is 10.8 Å². The maximum Gasteiger partial charge on any atom is 0.229 e. The summed E-state index contributed by atoms with van der Waals surface area (Å²) in [5.74, 6) is 0.376. The average molecular weight is 238 g/mol. The van der Waals surface area contributed by atoms with Crippen LogP contribution in [0.25, 0.3) is 0 Å². The highest BCUT2D eigenvalue weighted by molar-refractivity contribution is 5.83. The summed E-state index contributed by atoms with van der Waals surface area (Å²) < 4.78 is 0. The molecular weight excluding hydrogens is 212 g/mol. The molecule has 1 amide bonds. The Morgan fingerprint density at radius 3 is 2.35 bits per heavy atom. The number of carbonyl (C=O) groups excluding carboxylic acids is 1. The second-order valence-electron chi connectivity index (χ2n) is 6.44. The van der Waals surface area contributed by atoms with E-state index in [0.29, 0.717) is 11.3 Å². The molecule has 0 saturated carbocycles. The molecule has 0 spiro atoms. The Balaban J connectivity index is 1.94. The topological polar surface area (TPSA) is 32.3 Å². The normalized spacial score (nSPS) is 32.8. The van der Waals surface area contributed by atoms with E-state index in [2.05, 4.69) is 31.0 Å². The van der Waals surface area contributed by atoms with Gasteiger partial charge in [0.2, 0.25) is 5.91 Å². The Labute approximate surface area is 105 Å². The number of likely N-dealkylation sites (tertiary alicyclic amines) is 1. The number of nitrogens with one attached hydrogen (secondary N) is 1. The number of hydrogen-bond acceptors (Lipinski definition) is 2. The highest BCUT2D eigenvalue weighted by Gasteiger charge is 2.41. The fourth-order valence-corrected chi connectivity index (χ4v) is 2.98. The quantitative estimate of drug-likeness (QED) is 0.798. The van der Waals surface area contributed by atoms with Gasteiger partial charge in [-0.3, -0.25) is 4.79 Å². The van der Waals surface area contributed by atoms with Crippen LogP contribution in [0.3, 0.4) is 0 Å². The highest BCUT2D eigenvalue weighted by atomic mass is 16.2. The Morgan fingerprint density at radius 2 is 1.88 bits per heavy atom. The molecule has 0 bridgehead atoms. The minimum atomic E-state index is -0.139. The van der Waals surface area contributed by atoms with Crippen molar-refractivity contribution in [3.63, 3.8) is 0 Å². The first-order valence-corrected chi connectivity index (χ1v) is 6.99. The summed E-state index contributed by atoms with van der Waals surface area (Å²) in [4.78, 5) is 14.6. The zero-order valence-corrected chi connectivity index (χ0v) is 11.5. The van der Waals surface area contributed by atoms with Gasteiger partial charge in [-0.05, 0) is 38.1 Å². The van der Waals surface area contributed by atoms with Crippen molar-refractivity contribution < 1.29 is 4.79 Å². The van der Waals surface area contributed by atoms with E-state index in [1.165, 1.54) is 19.3 Å². The van der Waals surface area contributed by atoms with Crippen LogP contribution in [0.15, 0.2) is 0 Å². The first kappa shape index (κ1) is 12.9. The van der Waals surface area contributed by atoms with Gasteiger partial charge in [0, 0.05) is 19.6 Å². The van der Waals surface area contributed by atoms with Crippen LogP contribution in [0.5, 0.6) is 0 Å². The number of amides is 1. The largest absolute Gasteiger partial charge is 0.342 e. The summed E-state index contributed by atoms with van der Waals surface area (Å²) in [6.45, 7) is 10.5. The van der Waals surface area contributed by atoms with Crippen LogP contribution in [0, 0.1) is 10.8 Å². The van der Waals surface area contributed by atoms with Crippen molar-refractivity contribution in [3.05, 3.63) is 0 Å². The van der Waals surface area contributed by atoms with Gasteiger partial charge in [-0.2, -0.15) is 0 Å². The Hall–Kier alpha value is -0.570. The maximum absolute atomic E-state index is 12.5. The molecule has 1 unspecified atom stereocenters. The molecule has 2 aliphatic rings. The molecule has 2 saturated heterocycles. The van der Waals surface area contributed by atoms with Crippen LogP contribution in [-0.4, -0.2) is 37.0 Å². The third-order valence-corrected chi connectivity index (χ3v) is 5.00. The highest BCUT2D eigenvalue weighted by Crippen LogP contribution is 2.36. The fourth-order valence-electron chi connectivity index (χ4n) is 2.98. The molecule has 2 rings (SSSR count). The second kappa shape index (κ2) is 4.60. The molecular formula is C14H26N2O. The fraction of sp³-hybridized carbons (Fsp3) is 0.929. The van der Waals surface area contributed by atoms with Gasteiger partial charge in [-0.1, -0.05) is 20.3 Å². The zero-order chi connectivity index (χ0) is 12.5. The van der Waals surface area contributed by atoms with E-state index in [1.54, 1.807) is 0 Å². The summed E-state index contributed by atoms with van der Waals surface area (Å²) in [7, 11) is 0. The summed E-state index contributed by atoms with van der Waals surface area (Å²) in [6.07, 6.45) is 4.55. The summed E-state index contributed by atoms with van der Waals surface area (Å²) in [5, 5.41) is 3.31. The number of rotatable bonds is 2. The van der Waals surface area contributed by atoms with Gasteiger partial charge in [0.25, 0.3) is 0 Å². The third-order valence-electron chi connectivity index (χ3n) is 5.00. The molecule has 1 atom stereocenters. The predicted octanol–water partition coefficient (Wildman–Crippen LogP) is 2.02. The van der Waals surface area contributed by atoms with Gasteiger partial charge in [0.15, 0.2) is 0 Å². The van der Waals surface area contributed by atoms with E-state index >= 15 is 0 Å². The van der Waals surface area contributed by atoms with Gasteiger partial charge >= 0.3 is 0 Å². The molecule has 0 aliphatic carbocycles. The van der Waals surface area contributed by atoms with Crippen molar-refractivity contribution in [1.29, 1.82) is 0 Å². The molecule has 0 radical (unpaired) electrons. The molecule has 98 valence electrons. The van der Waals surface area contributed by atoms with E-state index in [4.69, 9.17) is 0 Å². The number of nitrogens with zero attached hydrogens (tertiary/aromatic N) is 1. The van der Waals surface area contributed by atoms with Crippen molar-refractivity contribution in [1.82, 2.24) is 10.2 Å². The lowest BCUT2D eigenvalue weighted by atomic mass is 9.77. The summed E-state index contributed by atoms with van der Waals surface area (Å²) in [6, 6.07) is 0. The first-order valence-electron chi connectivity index (χ1n) is 6.99. The van der Waals surface area contributed by atoms with E-state index in [-0.39, 0.29) is 5.41 Å². The van der Waals surface area contributed by atoms with Gasteiger partial charge in [-0.25, -0.2) is 0 Å². The number of hydrogen-bond donors (Lipinski definition) is 1. The van der Waals surface area contributed by atoms with Gasteiger partial charge in [-0.15, -0.1) is 0 Å². The Kier molecular flexibility index (Phi) is 3.48. The van der Waals surface area contributed by atoms with Gasteiger partial charge in [0.1, 0.15) is 0 Å². The molecule has 2 fully saturated rings. The standard InChI is InChI=1S/C14H26N2O/c1-4-13(2)6-9-16(10-7-13)12(17)14(3)5-8-15-11-14/h15H,4-11H2,1-3H3. The molecule has 0 aromatic carbocycles. The van der Waals surface area contributed by atoms with Gasteiger partial charge in [0.05, 0.1) is 5.41 Å². The molecule has 3 heteroatoms. The van der Waals surface area contributed by atoms with Crippen molar-refractivity contribution >= 4 is 5.91 Å². The first-order chi connectivity index (χ1) is 7.99. The molecule has 0 aromatic rings. The van der Waals surface area contributed by atoms with Crippen LogP contribution in [-0.2, 0) is 4.79 Å². The second-order valence-corrected chi connectivity index (χ2v) is 6.44. The SMILES string of the molecule is CCC1(C)CCN(C(=O)C2(C)CCNC2)CC1. The molecule has 3 nitrogen and oxygen atoms in total. The van der Waals surface area contributed by atoms with Gasteiger partial charge < -0.3 is 10.2 Å². The van der Waals surface area contributed by atoms with E-state index < -0.39 is 0 Å². The van der Waals surface area contributed by atoms with Crippen LogP contribution >= 0.6 is 0 Å². The van der Waals surface area contributed by atoms with Crippen LogP contribution in [0.1, 0.15) is 46.5 Å². The smallest absolute Gasteiger partial charge is 0.229 e. The summed E-state index contributed by atoms with van der Waals surface area (Å²) in [5.41, 5.74) is 0.325.